The largest absolute Gasteiger partial charge is 0.478 e. The van der Waals surface area contributed by atoms with Gasteiger partial charge in [0.05, 0.1) is 5.56 Å². The molecule has 2 amide bonds. The van der Waals surface area contributed by atoms with E-state index in [-0.39, 0.29) is 17.6 Å². The van der Waals surface area contributed by atoms with E-state index in [1.165, 1.54) is 6.07 Å². The van der Waals surface area contributed by atoms with Gasteiger partial charge in [0.1, 0.15) is 0 Å². The minimum atomic E-state index is -0.997. The minimum Gasteiger partial charge on any atom is -0.478 e. The molecule has 110 valence electrons. The molecule has 1 rings (SSSR count). The first-order valence-corrected chi connectivity index (χ1v) is 7.63. The number of rotatable bonds is 5. The normalized spacial score (nSPS) is 11.8. The van der Waals surface area contributed by atoms with E-state index in [0.717, 1.165) is 5.75 Å². The Kier molecular flexibility index (Phi) is 5.88. The molecule has 0 aromatic heterocycles. The molecule has 6 heteroatoms. The fourth-order valence-corrected chi connectivity index (χ4v) is 2.40. The third-order valence-electron chi connectivity index (χ3n) is 3.11. The monoisotopic (exact) mass is 296 g/mol. The molecule has 0 aliphatic rings. The van der Waals surface area contributed by atoms with Gasteiger partial charge in [0, 0.05) is 24.5 Å². The zero-order valence-corrected chi connectivity index (χ0v) is 13.0. The molecular weight excluding hydrogens is 276 g/mol. The maximum atomic E-state index is 12.1. The zero-order chi connectivity index (χ0) is 15.3. The molecule has 0 saturated carbocycles. The van der Waals surface area contributed by atoms with E-state index in [1.54, 1.807) is 42.8 Å². The lowest BCUT2D eigenvalue weighted by Gasteiger charge is -2.24. The van der Waals surface area contributed by atoms with Crippen molar-refractivity contribution in [2.75, 3.05) is 24.4 Å². The quantitative estimate of drug-likeness (QED) is 0.876. The number of aryl methyl sites for hydroxylation is 1. The van der Waals surface area contributed by atoms with Crippen LogP contribution in [0.3, 0.4) is 0 Å². The van der Waals surface area contributed by atoms with Crippen molar-refractivity contribution in [3.63, 3.8) is 0 Å². The number of carbonyl (C=O) groups excluding carboxylic acids is 1. The Morgan fingerprint density at radius 1 is 1.45 bits per heavy atom. The molecule has 5 nitrogen and oxygen atoms in total. The van der Waals surface area contributed by atoms with Crippen LogP contribution in [0, 0.1) is 6.92 Å². The van der Waals surface area contributed by atoms with Gasteiger partial charge in [-0.25, -0.2) is 9.59 Å². The Bertz CT molecular complexity index is 505. The summed E-state index contributed by atoms with van der Waals surface area (Å²) >= 11 is 1.67. The Hall–Kier alpha value is -1.69. The second-order valence-electron chi connectivity index (χ2n) is 4.68. The van der Waals surface area contributed by atoms with E-state index in [2.05, 4.69) is 5.32 Å². The van der Waals surface area contributed by atoms with Gasteiger partial charge < -0.3 is 15.3 Å². The number of urea groups is 1. The average Bonchev–Trinajstić information content (AvgIpc) is 2.39. The molecule has 0 bridgehead atoms. The number of anilines is 1. The van der Waals surface area contributed by atoms with E-state index in [0.29, 0.717) is 11.3 Å². The summed E-state index contributed by atoms with van der Waals surface area (Å²) in [6.07, 6.45) is 1.99. The highest BCUT2D eigenvalue weighted by Gasteiger charge is 2.16. The number of carbonyl (C=O) groups is 2. The molecule has 0 aliphatic heterocycles. The van der Waals surface area contributed by atoms with Gasteiger partial charge in [-0.3, -0.25) is 0 Å². The van der Waals surface area contributed by atoms with Gasteiger partial charge in [0.15, 0.2) is 0 Å². The van der Waals surface area contributed by atoms with Crippen molar-refractivity contribution in [3.05, 3.63) is 29.3 Å². The molecule has 1 unspecified atom stereocenters. The van der Waals surface area contributed by atoms with Gasteiger partial charge >= 0.3 is 12.0 Å². The number of aromatic carboxylic acids is 1. The van der Waals surface area contributed by atoms with Gasteiger partial charge in [-0.2, -0.15) is 11.8 Å². The highest BCUT2D eigenvalue weighted by Crippen LogP contribution is 2.16. The summed E-state index contributed by atoms with van der Waals surface area (Å²) < 4.78 is 0. The van der Waals surface area contributed by atoms with Crippen LogP contribution in [-0.4, -0.2) is 47.1 Å². The SMILES string of the molecule is CSCC(C)N(C)C(=O)Nc1ccc(C)c(C(=O)O)c1. The van der Waals surface area contributed by atoms with Crippen LogP contribution in [0.5, 0.6) is 0 Å². The maximum absolute atomic E-state index is 12.1. The molecule has 1 aromatic rings. The number of nitrogens with zero attached hydrogens (tertiary/aromatic N) is 1. The number of carboxylic acids is 1. The lowest BCUT2D eigenvalue weighted by molar-refractivity contribution is 0.0696. The van der Waals surface area contributed by atoms with Gasteiger partial charge in [-0.15, -0.1) is 0 Å². The first-order valence-electron chi connectivity index (χ1n) is 6.23. The predicted octanol–water partition coefficient (Wildman–Crippen LogP) is 2.91. The molecule has 0 spiro atoms. The standard InChI is InChI=1S/C14H20N2O3S/c1-9-5-6-11(7-12(9)13(17)18)15-14(19)16(3)10(2)8-20-4/h5-7,10H,8H2,1-4H3,(H,15,19)(H,17,18). The van der Waals surface area contributed by atoms with Gasteiger partial charge in [0.2, 0.25) is 0 Å². The van der Waals surface area contributed by atoms with Crippen LogP contribution in [0.1, 0.15) is 22.8 Å². The molecule has 1 atom stereocenters. The van der Waals surface area contributed by atoms with Gasteiger partial charge in [-0.1, -0.05) is 6.07 Å². The Morgan fingerprint density at radius 2 is 2.10 bits per heavy atom. The number of amides is 2. The van der Waals surface area contributed by atoms with Crippen LogP contribution in [0.2, 0.25) is 0 Å². The Morgan fingerprint density at radius 3 is 2.65 bits per heavy atom. The molecule has 0 heterocycles. The molecule has 20 heavy (non-hydrogen) atoms. The van der Waals surface area contributed by atoms with Crippen molar-refractivity contribution in [2.24, 2.45) is 0 Å². The number of nitrogens with one attached hydrogen (secondary N) is 1. The summed E-state index contributed by atoms with van der Waals surface area (Å²) in [5.74, 6) is -0.152. The second-order valence-corrected chi connectivity index (χ2v) is 5.59. The molecular formula is C14H20N2O3S. The van der Waals surface area contributed by atoms with Crippen LogP contribution in [-0.2, 0) is 0 Å². The summed E-state index contributed by atoms with van der Waals surface area (Å²) in [4.78, 5) is 24.7. The summed E-state index contributed by atoms with van der Waals surface area (Å²) in [5.41, 5.74) is 1.35. The number of benzene rings is 1. The Balaban J connectivity index is 2.80. The topological polar surface area (TPSA) is 69.6 Å². The lowest BCUT2D eigenvalue weighted by Crippen LogP contribution is -2.39. The van der Waals surface area contributed by atoms with E-state index >= 15 is 0 Å². The highest BCUT2D eigenvalue weighted by atomic mass is 32.2. The highest BCUT2D eigenvalue weighted by molar-refractivity contribution is 7.98. The molecule has 0 aliphatic carbocycles. The average molecular weight is 296 g/mol. The number of hydrogen-bond acceptors (Lipinski definition) is 3. The van der Waals surface area contributed by atoms with E-state index in [9.17, 15) is 9.59 Å². The Labute approximate surface area is 123 Å². The van der Waals surface area contributed by atoms with Crippen LogP contribution < -0.4 is 5.32 Å². The fourth-order valence-electron chi connectivity index (χ4n) is 1.69. The summed E-state index contributed by atoms with van der Waals surface area (Å²) in [7, 11) is 1.72. The molecule has 0 radical (unpaired) electrons. The van der Waals surface area contributed by atoms with Crippen molar-refractivity contribution in [2.45, 2.75) is 19.9 Å². The van der Waals surface area contributed by atoms with E-state index < -0.39 is 5.97 Å². The van der Waals surface area contributed by atoms with Crippen molar-refractivity contribution in [3.8, 4) is 0 Å². The van der Waals surface area contributed by atoms with Crippen molar-refractivity contribution in [1.82, 2.24) is 4.90 Å². The van der Waals surface area contributed by atoms with Crippen molar-refractivity contribution >= 4 is 29.4 Å². The van der Waals surface area contributed by atoms with Crippen LogP contribution >= 0.6 is 11.8 Å². The number of hydrogen-bond donors (Lipinski definition) is 2. The fraction of sp³-hybridized carbons (Fsp3) is 0.429. The third kappa shape index (κ3) is 4.16. The van der Waals surface area contributed by atoms with E-state index in [1.807, 2.05) is 13.2 Å². The molecule has 0 fully saturated rings. The molecule has 0 saturated heterocycles. The summed E-state index contributed by atoms with van der Waals surface area (Å²) in [5, 5.41) is 11.8. The maximum Gasteiger partial charge on any atom is 0.336 e. The first kappa shape index (κ1) is 16.4. The van der Waals surface area contributed by atoms with Crippen LogP contribution in [0.25, 0.3) is 0 Å². The zero-order valence-electron chi connectivity index (χ0n) is 12.1. The lowest BCUT2D eigenvalue weighted by atomic mass is 10.1. The molecule has 1 aromatic carbocycles. The second kappa shape index (κ2) is 7.19. The van der Waals surface area contributed by atoms with E-state index in [4.69, 9.17) is 5.11 Å². The number of carboxylic acid groups (broad SMARTS) is 1. The summed E-state index contributed by atoms with van der Waals surface area (Å²) in [6.45, 7) is 3.69. The smallest absolute Gasteiger partial charge is 0.336 e. The summed E-state index contributed by atoms with van der Waals surface area (Å²) in [6, 6.07) is 4.72. The third-order valence-corrected chi connectivity index (χ3v) is 3.92. The predicted molar refractivity (Wildman–Crippen MR) is 82.8 cm³/mol. The minimum absolute atomic E-state index is 0.106. The first-order chi connectivity index (χ1) is 9.36. The number of thioether (sulfide) groups is 1. The molecule has 2 N–H and O–H groups in total. The van der Waals surface area contributed by atoms with Crippen LogP contribution in [0.15, 0.2) is 18.2 Å². The van der Waals surface area contributed by atoms with Crippen molar-refractivity contribution < 1.29 is 14.7 Å². The van der Waals surface area contributed by atoms with Crippen molar-refractivity contribution in [1.29, 1.82) is 0 Å². The van der Waals surface area contributed by atoms with Gasteiger partial charge in [-0.05, 0) is 37.8 Å². The van der Waals surface area contributed by atoms with Gasteiger partial charge in [0.25, 0.3) is 0 Å². The van der Waals surface area contributed by atoms with Crippen LogP contribution in [0.4, 0.5) is 10.5 Å².